The summed E-state index contributed by atoms with van der Waals surface area (Å²) in [5.41, 5.74) is 8.13. The molecule has 0 radical (unpaired) electrons. The van der Waals surface area contributed by atoms with Gasteiger partial charge in [-0.3, -0.25) is 0 Å². The van der Waals surface area contributed by atoms with Crippen LogP contribution in [0.2, 0.25) is 0 Å². The maximum absolute atomic E-state index is 7.09. The Morgan fingerprint density at radius 1 is 0.462 bits per heavy atom. The molecule has 2 heteroatoms. The second kappa shape index (κ2) is 8.53. The monoisotopic (exact) mass is 532 g/mol. The Kier molecular flexibility index (Phi) is 6.56. The van der Waals surface area contributed by atoms with E-state index in [0.717, 1.165) is 24.3 Å². The van der Waals surface area contributed by atoms with Crippen LogP contribution in [0.5, 0.6) is 11.5 Å². The first-order valence-electron chi connectivity index (χ1n) is 15.0. The summed E-state index contributed by atoms with van der Waals surface area (Å²) in [6.45, 7) is 37.3. The van der Waals surface area contributed by atoms with E-state index in [1.54, 1.807) is 0 Å². The Morgan fingerprint density at radius 2 is 0.718 bits per heavy atom. The van der Waals surface area contributed by atoms with Crippen LogP contribution in [0.4, 0.5) is 0 Å². The molecule has 216 valence electrons. The molecule has 2 aliphatic heterocycles. The van der Waals surface area contributed by atoms with Gasteiger partial charge >= 0.3 is 0 Å². The van der Waals surface area contributed by atoms with Crippen LogP contribution in [0.1, 0.15) is 157 Å². The van der Waals surface area contributed by atoms with E-state index in [0.29, 0.717) is 0 Å². The molecule has 0 amide bonds. The van der Waals surface area contributed by atoms with Crippen molar-refractivity contribution in [2.45, 2.75) is 162 Å². The van der Waals surface area contributed by atoms with E-state index in [4.69, 9.17) is 9.47 Å². The lowest BCUT2D eigenvalue weighted by Gasteiger charge is -2.52. The average molecular weight is 533 g/mol. The molecular weight excluding hydrogens is 476 g/mol. The lowest BCUT2D eigenvalue weighted by molar-refractivity contribution is -0.166. The summed E-state index contributed by atoms with van der Waals surface area (Å²) in [6, 6.07) is 9.57. The summed E-state index contributed by atoms with van der Waals surface area (Å²) in [6.07, 6.45) is 1.64. The van der Waals surface area contributed by atoms with Gasteiger partial charge in [-0.2, -0.15) is 0 Å². The minimum atomic E-state index is -0.705. The zero-order valence-electron chi connectivity index (χ0n) is 28.0. The Bertz CT molecular complexity index is 1180. The van der Waals surface area contributed by atoms with Gasteiger partial charge in [-0.05, 0) is 56.0 Å². The van der Waals surface area contributed by atoms with Crippen LogP contribution in [-0.4, -0.2) is 5.79 Å². The summed E-state index contributed by atoms with van der Waals surface area (Å²) in [7, 11) is 0. The largest absolute Gasteiger partial charge is 0.452 e. The molecule has 0 N–H and O–H groups in total. The molecule has 0 atom stereocenters. The fourth-order valence-corrected chi connectivity index (χ4v) is 7.03. The zero-order chi connectivity index (χ0) is 29.8. The second-order valence-electron chi connectivity index (χ2n) is 18.0. The SMILES string of the molecule is CC(C)(C)c1cc2c(cc1C(C)(C)C)C(C)(C)CC1(CC(C)(C)c3cc(C(C)(C)C)c(C(C)(C)C)cc3O1)O2. The van der Waals surface area contributed by atoms with Gasteiger partial charge in [0.25, 0.3) is 5.79 Å². The summed E-state index contributed by atoms with van der Waals surface area (Å²) < 4.78 is 14.2. The minimum Gasteiger partial charge on any atom is -0.452 e. The van der Waals surface area contributed by atoms with Crippen molar-refractivity contribution >= 4 is 0 Å². The number of benzene rings is 2. The van der Waals surface area contributed by atoms with Crippen molar-refractivity contribution in [2.24, 2.45) is 0 Å². The minimum absolute atomic E-state index is 0.0139. The van der Waals surface area contributed by atoms with E-state index in [1.807, 2.05) is 0 Å². The quantitative estimate of drug-likeness (QED) is 0.336. The maximum Gasteiger partial charge on any atom is 0.252 e. The summed E-state index contributed by atoms with van der Waals surface area (Å²) >= 11 is 0. The molecule has 0 saturated heterocycles. The average Bonchev–Trinajstić information content (AvgIpc) is 2.68. The molecule has 0 fully saturated rings. The lowest BCUT2D eigenvalue weighted by Crippen LogP contribution is -2.56. The first kappa shape index (κ1) is 30.0. The predicted octanol–water partition coefficient (Wildman–Crippen LogP) is 10.4. The van der Waals surface area contributed by atoms with Crippen molar-refractivity contribution in [1.82, 2.24) is 0 Å². The van der Waals surface area contributed by atoms with Crippen LogP contribution in [-0.2, 0) is 32.5 Å². The smallest absolute Gasteiger partial charge is 0.252 e. The van der Waals surface area contributed by atoms with E-state index >= 15 is 0 Å². The Hall–Kier alpha value is -1.96. The van der Waals surface area contributed by atoms with Crippen LogP contribution in [0.15, 0.2) is 24.3 Å². The molecule has 0 aromatic heterocycles. The van der Waals surface area contributed by atoms with Crippen molar-refractivity contribution in [3.63, 3.8) is 0 Å². The number of hydrogen-bond acceptors (Lipinski definition) is 2. The fraction of sp³-hybridized carbons (Fsp3) is 0.676. The maximum atomic E-state index is 7.09. The molecule has 2 aromatic carbocycles. The van der Waals surface area contributed by atoms with E-state index in [1.165, 1.54) is 33.4 Å². The summed E-state index contributed by atoms with van der Waals surface area (Å²) in [5, 5.41) is 0. The van der Waals surface area contributed by atoms with E-state index in [2.05, 4.69) is 135 Å². The van der Waals surface area contributed by atoms with Gasteiger partial charge < -0.3 is 9.47 Å². The van der Waals surface area contributed by atoms with Gasteiger partial charge in [-0.15, -0.1) is 0 Å². The first-order chi connectivity index (χ1) is 17.3. The van der Waals surface area contributed by atoms with E-state index < -0.39 is 5.79 Å². The third kappa shape index (κ3) is 5.39. The number of rotatable bonds is 0. The second-order valence-corrected chi connectivity index (χ2v) is 18.0. The fourth-order valence-electron chi connectivity index (χ4n) is 7.03. The molecule has 0 aliphatic carbocycles. The molecule has 39 heavy (non-hydrogen) atoms. The van der Waals surface area contributed by atoms with Gasteiger partial charge in [0.15, 0.2) is 0 Å². The molecule has 2 nitrogen and oxygen atoms in total. The Labute approximate surface area is 240 Å². The van der Waals surface area contributed by atoms with Crippen LogP contribution in [0.3, 0.4) is 0 Å². The highest BCUT2D eigenvalue weighted by atomic mass is 16.7. The topological polar surface area (TPSA) is 18.5 Å². The highest BCUT2D eigenvalue weighted by Crippen LogP contribution is 2.56. The molecule has 2 aromatic rings. The van der Waals surface area contributed by atoms with Crippen molar-refractivity contribution in [3.05, 3.63) is 57.6 Å². The zero-order valence-corrected chi connectivity index (χ0v) is 28.0. The molecule has 0 bridgehead atoms. The molecule has 0 unspecified atom stereocenters. The van der Waals surface area contributed by atoms with Crippen LogP contribution in [0, 0.1) is 0 Å². The van der Waals surface area contributed by atoms with Crippen molar-refractivity contribution < 1.29 is 9.47 Å². The lowest BCUT2D eigenvalue weighted by atomic mass is 9.66. The van der Waals surface area contributed by atoms with Crippen molar-refractivity contribution in [3.8, 4) is 11.5 Å². The third-order valence-electron chi connectivity index (χ3n) is 8.94. The Morgan fingerprint density at radius 3 is 0.974 bits per heavy atom. The number of ether oxygens (including phenoxy) is 2. The number of fused-ring (bicyclic) bond motifs is 2. The molecule has 2 aliphatic rings. The summed E-state index contributed by atoms with van der Waals surface area (Å²) in [4.78, 5) is 0. The standard InChI is InChI=1S/C37H56O2/c1-31(2,3)23-17-27-29(19-25(23)33(7,8)9)38-37(21-35(27,13)14)22-36(15,16)28-18-24(32(4,5)6)26(34(10,11)12)20-30(28)39-37/h17-20H,21-22H2,1-16H3. The van der Waals surface area contributed by atoms with Crippen molar-refractivity contribution in [2.75, 3.05) is 0 Å². The number of hydrogen-bond donors (Lipinski definition) is 0. The Balaban J connectivity index is 1.92. The molecule has 0 saturated carbocycles. The van der Waals surface area contributed by atoms with Gasteiger partial charge in [-0.25, -0.2) is 0 Å². The first-order valence-corrected chi connectivity index (χ1v) is 15.0. The van der Waals surface area contributed by atoms with E-state index in [9.17, 15) is 0 Å². The predicted molar refractivity (Wildman–Crippen MR) is 167 cm³/mol. The third-order valence-corrected chi connectivity index (χ3v) is 8.94. The van der Waals surface area contributed by atoms with Gasteiger partial charge in [-0.1, -0.05) is 123 Å². The normalized spacial score (nSPS) is 20.1. The highest BCUT2D eigenvalue weighted by Gasteiger charge is 2.54. The van der Waals surface area contributed by atoms with Gasteiger partial charge in [0.1, 0.15) is 11.5 Å². The molecule has 1 spiro atoms. The van der Waals surface area contributed by atoms with Gasteiger partial charge in [0.2, 0.25) is 0 Å². The molecule has 4 rings (SSSR count). The van der Waals surface area contributed by atoms with E-state index in [-0.39, 0.29) is 32.5 Å². The van der Waals surface area contributed by atoms with Crippen molar-refractivity contribution in [1.29, 1.82) is 0 Å². The highest BCUT2D eigenvalue weighted by molar-refractivity contribution is 5.55. The molecular formula is C37H56O2. The van der Waals surface area contributed by atoms with Crippen LogP contribution in [0.25, 0.3) is 0 Å². The van der Waals surface area contributed by atoms with Crippen LogP contribution >= 0.6 is 0 Å². The summed E-state index contributed by atoms with van der Waals surface area (Å²) in [5.74, 6) is 1.28. The van der Waals surface area contributed by atoms with Crippen LogP contribution < -0.4 is 9.47 Å². The van der Waals surface area contributed by atoms with Gasteiger partial charge in [0.05, 0.1) is 0 Å². The molecule has 2 heterocycles. The van der Waals surface area contributed by atoms with Gasteiger partial charge in [0, 0.05) is 34.8 Å².